The van der Waals surface area contributed by atoms with Gasteiger partial charge in [0.1, 0.15) is 81.4 Å². The first-order chi connectivity index (χ1) is 36.4. The first-order valence-corrected chi connectivity index (χ1v) is 29.9. The third kappa shape index (κ3) is 13.7. The molecule has 2 N–H and O–H groups in total. The van der Waals surface area contributed by atoms with Crippen molar-refractivity contribution in [2.45, 2.75) is 222 Å². The van der Waals surface area contributed by atoms with E-state index in [1.165, 1.54) is 4.31 Å². The van der Waals surface area contributed by atoms with E-state index in [2.05, 4.69) is 9.50 Å². The highest BCUT2D eigenvalue weighted by Gasteiger charge is 2.68. The third-order valence-electron chi connectivity index (χ3n) is 14.6. The Hall–Kier alpha value is -2.08. The highest BCUT2D eigenvalue weighted by Crippen LogP contribution is 2.51. The molecule has 450 valence electrons. The van der Waals surface area contributed by atoms with Gasteiger partial charge < -0.3 is 86.2 Å². The van der Waals surface area contributed by atoms with E-state index in [9.17, 15) is 26.7 Å². The molecule has 10 heterocycles. The number of hydrogen-bond donors (Lipinski definition) is 2. The number of fused-ring (bicyclic) bond motifs is 9. The Bertz CT molecular complexity index is 2590. The molecule has 0 radical (unpaired) electrons. The van der Waals surface area contributed by atoms with Crippen LogP contribution in [0, 0.1) is 0 Å². The molecule has 10 aliphatic rings. The van der Waals surface area contributed by atoms with Gasteiger partial charge in [-0.15, -0.1) is 0 Å². The summed E-state index contributed by atoms with van der Waals surface area (Å²) in [5.74, 6) is -9.17. The van der Waals surface area contributed by atoms with Crippen LogP contribution in [-0.2, 0) is 110 Å². The van der Waals surface area contributed by atoms with Crippen LogP contribution >= 0.6 is 10.7 Å². The largest absolute Gasteiger partial charge is 0.445 e. The van der Waals surface area contributed by atoms with Crippen LogP contribution in [0.2, 0.25) is 0 Å². The lowest BCUT2D eigenvalue weighted by Gasteiger charge is -2.41. The van der Waals surface area contributed by atoms with Gasteiger partial charge in [-0.3, -0.25) is 8.37 Å². The zero-order chi connectivity index (χ0) is 57.7. The van der Waals surface area contributed by atoms with Crippen molar-refractivity contribution < 1.29 is 111 Å². The predicted molar refractivity (Wildman–Crippen MR) is 269 cm³/mol. The van der Waals surface area contributed by atoms with Gasteiger partial charge in [0.05, 0.1) is 19.8 Å². The van der Waals surface area contributed by atoms with Crippen LogP contribution < -0.4 is 5.32 Å². The first kappa shape index (κ1) is 61.5. The fraction of sp³-hybridized carbons (Fsp3) is 0.860. The molecule has 0 unspecified atom stereocenters. The number of rotatable bonds is 11. The molecule has 1 amide bonds. The molecule has 11 rings (SSSR count). The minimum atomic E-state index is -4.16. The Kier molecular flexibility index (Phi) is 16.7. The molecular weight excluding hydrogens is 1110 g/mol. The Morgan fingerprint density at radius 2 is 0.975 bits per heavy atom. The normalized spacial score (nSPS) is 39.5. The summed E-state index contributed by atoms with van der Waals surface area (Å²) in [4.78, 5) is 12.4. The summed E-state index contributed by atoms with van der Waals surface area (Å²) >= 11 is 0. The minimum Gasteiger partial charge on any atom is -0.445 e. The molecule has 0 saturated carbocycles. The number of nitrogens with one attached hydrogen (secondary N) is 1. The van der Waals surface area contributed by atoms with E-state index in [0.29, 0.717) is 19.4 Å². The summed E-state index contributed by atoms with van der Waals surface area (Å²) in [7, 11) is -3.19. The van der Waals surface area contributed by atoms with Gasteiger partial charge in [-0.05, 0) is 108 Å². The Labute approximate surface area is 465 Å². The van der Waals surface area contributed by atoms with E-state index in [1.54, 1.807) is 69.2 Å². The smallest absolute Gasteiger partial charge is 0.407 e. The number of alkyl carbamates (subject to hydrolysis) is 1. The van der Waals surface area contributed by atoms with Gasteiger partial charge >= 0.3 is 25.7 Å². The van der Waals surface area contributed by atoms with Gasteiger partial charge in [0, 0.05) is 29.3 Å². The minimum absolute atomic E-state index is 0.140. The molecule has 0 spiro atoms. The van der Waals surface area contributed by atoms with E-state index in [0.717, 1.165) is 5.56 Å². The van der Waals surface area contributed by atoms with Crippen LogP contribution in [0.1, 0.15) is 108 Å². The fourth-order valence-electron chi connectivity index (χ4n) is 11.6. The molecule has 1 aromatic rings. The summed E-state index contributed by atoms with van der Waals surface area (Å²) < 4.78 is 153. The zero-order valence-corrected chi connectivity index (χ0v) is 49.2. The number of carbonyl (C=O) groups excluding carboxylic acids is 1. The Morgan fingerprint density at radius 1 is 0.582 bits per heavy atom. The van der Waals surface area contributed by atoms with Crippen molar-refractivity contribution in [3.05, 3.63) is 35.9 Å². The molecule has 29 heteroatoms. The molecule has 26 nitrogen and oxygen atoms in total. The maximum atomic E-state index is 13.2. The topological polar surface area (TPSA) is 287 Å². The van der Waals surface area contributed by atoms with Gasteiger partial charge in [0.2, 0.25) is 17.4 Å². The summed E-state index contributed by atoms with van der Waals surface area (Å²) in [5, 5.41) is 12.5. The maximum Gasteiger partial charge on any atom is 0.407 e. The Balaban J connectivity index is 0.000000159. The van der Waals surface area contributed by atoms with Crippen molar-refractivity contribution in [2.24, 2.45) is 0 Å². The van der Waals surface area contributed by atoms with Crippen molar-refractivity contribution in [3.63, 3.8) is 0 Å². The first-order valence-electron chi connectivity index (χ1n) is 26.3. The quantitative estimate of drug-likeness (QED) is 0.299. The van der Waals surface area contributed by atoms with Crippen molar-refractivity contribution in [2.75, 3.05) is 52.7 Å². The highest BCUT2D eigenvalue weighted by molar-refractivity contribution is 8.10. The van der Waals surface area contributed by atoms with Crippen LogP contribution in [0.5, 0.6) is 0 Å². The summed E-state index contributed by atoms with van der Waals surface area (Å²) in [6.45, 7) is 23.2. The fourth-order valence-corrected chi connectivity index (χ4v) is 13.1. The second-order valence-corrected chi connectivity index (χ2v) is 27.8. The molecule has 79 heavy (non-hydrogen) atoms. The van der Waals surface area contributed by atoms with Gasteiger partial charge in [0.25, 0.3) is 0 Å². The number of amides is 1. The monoisotopic (exact) mass is 1190 g/mol. The summed E-state index contributed by atoms with van der Waals surface area (Å²) in [6, 6.07) is 9.38. The predicted octanol–water partition coefficient (Wildman–Crippen LogP) is 3.69. The highest BCUT2D eigenvalue weighted by atomic mass is 35.7. The number of benzene rings is 1. The van der Waals surface area contributed by atoms with Crippen LogP contribution in [0.15, 0.2) is 30.3 Å². The van der Waals surface area contributed by atoms with E-state index >= 15 is 0 Å². The van der Waals surface area contributed by atoms with E-state index in [1.807, 2.05) is 51.1 Å². The average molecular weight is 1190 g/mol. The standard InChI is InChI=1S/C26H38N2O10S.C12H19ClO8S.C12H20O6/c1-23(2)35-19-16-33-26(21(20(19)36-23)37-24(3,4)38-26)17-34-39(30,31)28-13-11-25(5,12-14-28)27-22(29)32-15-18-9-7-6-8-10-18;1-10(2)18-7-5-16-12(6-17-22(13,14)15)9(8(7)19-10)20-11(3,4)21-12;1-10(2)15-7-5-14-12(6-13)9(8(7)16-10)17-11(3,4)18-12/h6-10,19-21H,11-17H2,1-5H3,(H,27,29);7-9H,5-6H2,1-4H3;7-9,13H,5-6H2,1-4H3/t19-,20-,21+,26+;2*7-,8-,9+,12+/m111/s1. The molecule has 1 aromatic carbocycles. The second kappa shape index (κ2) is 21.5. The van der Waals surface area contributed by atoms with Crippen molar-refractivity contribution in [1.29, 1.82) is 0 Å². The van der Waals surface area contributed by atoms with E-state index in [-0.39, 0.29) is 63.9 Å². The number of piperidine rings is 1. The van der Waals surface area contributed by atoms with Gasteiger partial charge in [-0.1, -0.05) is 30.3 Å². The molecule has 0 aromatic heterocycles. The van der Waals surface area contributed by atoms with Gasteiger partial charge in [-0.2, -0.15) is 21.1 Å². The molecule has 10 aliphatic heterocycles. The van der Waals surface area contributed by atoms with Crippen molar-refractivity contribution in [3.8, 4) is 0 Å². The van der Waals surface area contributed by atoms with E-state index < -0.39 is 127 Å². The molecular formula is C50H77ClN2O24S2. The number of aliphatic hydroxyl groups excluding tert-OH is 1. The third-order valence-corrected chi connectivity index (χ3v) is 16.7. The molecule has 10 fully saturated rings. The van der Waals surface area contributed by atoms with Crippen LogP contribution in [0.25, 0.3) is 0 Å². The molecule has 12 atom stereocenters. The maximum absolute atomic E-state index is 13.2. The van der Waals surface area contributed by atoms with E-state index in [4.69, 9.17) is 90.7 Å². The van der Waals surface area contributed by atoms with Crippen LogP contribution in [-0.4, -0.2) is 198 Å². The molecule has 0 aliphatic carbocycles. The number of halogens is 1. The lowest BCUT2D eigenvalue weighted by Crippen LogP contribution is -2.61. The van der Waals surface area contributed by atoms with Crippen molar-refractivity contribution in [1.82, 2.24) is 9.62 Å². The van der Waals surface area contributed by atoms with Crippen molar-refractivity contribution >= 4 is 36.4 Å². The number of hydrogen-bond acceptors (Lipinski definition) is 24. The number of aliphatic hydroxyl groups is 1. The van der Waals surface area contributed by atoms with Gasteiger partial charge in [0.15, 0.2) is 34.7 Å². The number of nitrogens with zero attached hydrogens (tertiary/aromatic N) is 1. The number of ether oxygens (including phenoxy) is 16. The molecule has 0 bridgehead atoms. The SMILES string of the molecule is CC1(C)O[C@@H]2[C@@H](CO[C@@]3(CO)OC(C)(C)O[C@@H]23)O1.CC1(C)O[C@@H]2[C@@H](CO[C@@]3(COS(=O)(=O)Cl)OC(C)(C)O[C@@H]23)O1.CC1(NC(=O)OCc2ccccc2)CCN(S(=O)(=O)OC[C@@]23OC[C@H]4OC(C)(C)O[C@H]4[C@@H]2OC(C)(C)O3)CC1. The number of carbonyl (C=O) groups is 1. The summed E-state index contributed by atoms with van der Waals surface area (Å²) in [5.41, 5.74) is 0.259. The second-order valence-electron chi connectivity index (χ2n) is 24.1. The zero-order valence-electron chi connectivity index (χ0n) is 46.8. The summed E-state index contributed by atoms with van der Waals surface area (Å²) in [6.07, 6.45) is -3.89. The molecule has 10 saturated heterocycles. The lowest BCUT2D eigenvalue weighted by molar-refractivity contribution is -0.294. The van der Waals surface area contributed by atoms with Crippen LogP contribution in [0.4, 0.5) is 4.79 Å². The Morgan fingerprint density at radius 3 is 1.39 bits per heavy atom. The van der Waals surface area contributed by atoms with Gasteiger partial charge in [-0.25, -0.2) is 4.79 Å². The average Bonchev–Trinajstić information content (AvgIpc) is 4.34. The lowest BCUT2D eigenvalue weighted by atomic mass is 9.91. The van der Waals surface area contributed by atoms with Crippen LogP contribution in [0.3, 0.4) is 0 Å².